The summed E-state index contributed by atoms with van der Waals surface area (Å²) in [6.07, 6.45) is -4.61. The van der Waals surface area contributed by atoms with Crippen molar-refractivity contribution >= 4 is 24.2 Å². The van der Waals surface area contributed by atoms with E-state index in [0.717, 1.165) is 18.2 Å². The summed E-state index contributed by atoms with van der Waals surface area (Å²) in [6, 6.07) is 7.11. The van der Waals surface area contributed by atoms with Crippen LogP contribution in [0.3, 0.4) is 0 Å². The monoisotopic (exact) mass is 333 g/mol. The smallest absolute Gasteiger partial charge is 0.423 e. The van der Waals surface area contributed by atoms with Crippen LogP contribution < -0.4 is 10.8 Å². The highest BCUT2D eigenvalue weighted by Crippen LogP contribution is 2.38. The lowest BCUT2D eigenvalue weighted by Gasteiger charge is -2.15. The van der Waals surface area contributed by atoms with Gasteiger partial charge in [-0.25, -0.2) is 0 Å². The van der Waals surface area contributed by atoms with E-state index in [4.69, 9.17) is 0 Å². The lowest BCUT2D eigenvalue weighted by molar-refractivity contribution is -0.137. The number of hydrogen-bond donors (Lipinski definition) is 3. The van der Waals surface area contributed by atoms with Crippen LogP contribution >= 0.6 is 0 Å². The number of amides is 1. The Bertz CT molecular complexity index is 862. The molecule has 0 saturated carbocycles. The van der Waals surface area contributed by atoms with Crippen LogP contribution in [-0.2, 0) is 6.18 Å². The van der Waals surface area contributed by atoms with Crippen LogP contribution in [0.15, 0.2) is 43.0 Å². The van der Waals surface area contributed by atoms with Crippen molar-refractivity contribution in [3.05, 3.63) is 59.7 Å². The molecular weight excluding hydrogens is 322 g/mol. The lowest BCUT2D eigenvalue weighted by atomic mass is 9.78. The molecule has 0 fully saturated rings. The lowest BCUT2D eigenvalue weighted by Crippen LogP contribution is -2.30. The van der Waals surface area contributed by atoms with Gasteiger partial charge < -0.3 is 15.4 Å². The molecule has 0 radical (unpaired) electrons. The topological polar surface area (TPSA) is 69.6 Å². The summed E-state index contributed by atoms with van der Waals surface area (Å²) < 4.78 is 39.8. The molecule has 8 heteroatoms. The van der Waals surface area contributed by atoms with Gasteiger partial charge in [0.05, 0.1) is 5.56 Å². The fourth-order valence-electron chi connectivity index (χ4n) is 2.64. The van der Waals surface area contributed by atoms with Gasteiger partial charge in [0, 0.05) is 16.8 Å². The van der Waals surface area contributed by atoms with Crippen molar-refractivity contribution in [2.75, 3.05) is 0 Å². The minimum atomic E-state index is -4.61. The van der Waals surface area contributed by atoms with E-state index >= 15 is 0 Å². The first-order valence-corrected chi connectivity index (χ1v) is 6.91. The average Bonchev–Trinajstić information content (AvgIpc) is 2.80. The molecule has 1 heterocycles. The van der Waals surface area contributed by atoms with Gasteiger partial charge in [-0.1, -0.05) is 24.8 Å². The standard InChI is InChI=1S/C16H11BF3NO3/c1-8-12-6-9(2-4-11(12)15(22)21-8)13-7-10(17(23)24)3-5-14(13)16(18,19)20/h2-7,23-24H,1H2,(H,21,22). The highest BCUT2D eigenvalue weighted by Gasteiger charge is 2.34. The fourth-order valence-corrected chi connectivity index (χ4v) is 2.64. The van der Waals surface area contributed by atoms with E-state index < -0.39 is 18.9 Å². The molecule has 1 aliphatic heterocycles. The Balaban J connectivity index is 2.22. The second kappa shape index (κ2) is 5.50. The van der Waals surface area contributed by atoms with Crippen molar-refractivity contribution in [2.45, 2.75) is 6.18 Å². The van der Waals surface area contributed by atoms with E-state index in [-0.39, 0.29) is 22.5 Å². The maximum absolute atomic E-state index is 13.3. The van der Waals surface area contributed by atoms with Gasteiger partial charge in [-0.05, 0) is 34.8 Å². The fraction of sp³-hybridized carbons (Fsp3) is 0.0625. The normalized spacial score (nSPS) is 13.7. The maximum atomic E-state index is 13.3. The minimum absolute atomic E-state index is 0.0634. The van der Waals surface area contributed by atoms with Crippen molar-refractivity contribution in [2.24, 2.45) is 0 Å². The summed E-state index contributed by atoms with van der Waals surface area (Å²) >= 11 is 0. The highest BCUT2D eigenvalue weighted by molar-refractivity contribution is 6.58. The molecule has 0 saturated heterocycles. The summed E-state index contributed by atoms with van der Waals surface area (Å²) in [6.45, 7) is 3.66. The summed E-state index contributed by atoms with van der Waals surface area (Å²) in [7, 11) is -1.89. The zero-order valence-corrected chi connectivity index (χ0v) is 12.2. The first-order valence-electron chi connectivity index (χ1n) is 6.91. The van der Waals surface area contributed by atoms with Gasteiger partial charge in [0.25, 0.3) is 5.91 Å². The molecule has 0 bridgehead atoms. The van der Waals surface area contributed by atoms with Crippen molar-refractivity contribution in [3.63, 3.8) is 0 Å². The first-order chi connectivity index (χ1) is 11.2. The zero-order valence-electron chi connectivity index (χ0n) is 12.2. The van der Waals surface area contributed by atoms with Crippen LogP contribution in [0.4, 0.5) is 13.2 Å². The molecule has 0 spiro atoms. The van der Waals surface area contributed by atoms with Gasteiger partial charge in [0.2, 0.25) is 0 Å². The van der Waals surface area contributed by atoms with Crippen LogP contribution in [0.25, 0.3) is 16.8 Å². The number of benzene rings is 2. The van der Waals surface area contributed by atoms with Gasteiger partial charge in [-0.3, -0.25) is 4.79 Å². The summed E-state index contributed by atoms with van der Waals surface area (Å²) in [4.78, 5) is 11.7. The Morgan fingerprint density at radius 2 is 1.71 bits per heavy atom. The van der Waals surface area contributed by atoms with Gasteiger partial charge in [0.1, 0.15) is 0 Å². The molecule has 0 atom stereocenters. The Hall–Kier alpha value is -2.58. The minimum Gasteiger partial charge on any atom is -0.423 e. The summed E-state index contributed by atoms with van der Waals surface area (Å²) in [5.41, 5.74) is 0.0746. The molecule has 122 valence electrons. The third-order valence-electron chi connectivity index (χ3n) is 3.81. The van der Waals surface area contributed by atoms with E-state index in [1.165, 1.54) is 18.2 Å². The van der Waals surface area contributed by atoms with Crippen LogP contribution in [0.1, 0.15) is 21.5 Å². The number of carbonyl (C=O) groups excluding carboxylic acids is 1. The Morgan fingerprint density at radius 1 is 1.00 bits per heavy atom. The van der Waals surface area contributed by atoms with Crippen LogP contribution in [0.5, 0.6) is 0 Å². The predicted octanol–water partition coefficient (Wildman–Crippen LogP) is 1.77. The van der Waals surface area contributed by atoms with Gasteiger partial charge >= 0.3 is 13.3 Å². The Morgan fingerprint density at radius 3 is 2.33 bits per heavy atom. The highest BCUT2D eigenvalue weighted by atomic mass is 19.4. The Kier molecular flexibility index (Phi) is 3.73. The van der Waals surface area contributed by atoms with E-state index in [1.54, 1.807) is 0 Å². The van der Waals surface area contributed by atoms with Crippen molar-refractivity contribution in [3.8, 4) is 11.1 Å². The molecule has 0 aromatic heterocycles. The van der Waals surface area contributed by atoms with E-state index in [9.17, 15) is 28.0 Å². The molecular formula is C16H11BF3NO3. The SMILES string of the molecule is C=C1NC(=O)c2ccc(-c3cc(B(O)O)ccc3C(F)(F)F)cc21. The zero-order chi connectivity index (χ0) is 17.6. The van der Waals surface area contributed by atoms with Crippen LogP contribution in [-0.4, -0.2) is 23.1 Å². The van der Waals surface area contributed by atoms with Gasteiger partial charge in [-0.2, -0.15) is 13.2 Å². The number of hydrogen-bond acceptors (Lipinski definition) is 3. The second-order valence-electron chi connectivity index (χ2n) is 5.37. The summed E-state index contributed by atoms with van der Waals surface area (Å²) in [5.74, 6) is -0.364. The molecule has 1 amide bonds. The van der Waals surface area contributed by atoms with E-state index in [0.29, 0.717) is 16.8 Å². The predicted molar refractivity (Wildman–Crippen MR) is 83.2 cm³/mol. The number of nitrogens with one attached hydrogen (secondary N) is 1. The molecule has 4 nitrogen and oxygen atoms in total. The van der Waals surface area contributed by atoms with Crippen molar-refractivity contribution in [1.29, 1.82) is 0 Å². The second-order valence-corrected chi connectivity index (χ2v) is 5.37. The maximum Gasteiger partial charge on any atom is 0.488 e. The third-order valence-corrected chi connectivity index (χ3v) is 3.81. The van der Waals surface area contributed by atoms with Crippen LogP contribution in [0, 0.1) is 0 Å². The Labute approximate surface area is 135 Å². The van der Waals surface area contributed by atoms with Gasteiger partial charge in [0.15, 0.2) is 0 Å². The largest absolute Gasteiger partial charge is 0.488 e. The van der Waals surface area contributed by atoms with Crippen LogP contribution in [0.2, 0.25) is 0 Å². The number of fused-ring (bicyclic) bond motifs is 1. The van der Waals surface area contributed by atoms with Gasteiger partial charge in [-0.15, -0.1) is 0 Å². The molecule has 0 aliphatic carbocycles. The number of carbonyl (C=O) groups is 1. The number of halogens is 3. The molecule has 2 aromatic carbocycles. The van der Waals surface area contributed by atoms with Crippen molar-refractivity contribution in [1.82, 2.24) is 5.32 Å². The summed E-state index contributed by atoms with van der Waals surface area (Å²) in [5, 5.41) is 21.0. The van der Waals surface area contributed by atoms with E-state index in [2.05, 4.69) is 11.9 Å². The van der Waals surface area contributed by atoms with Crippen molar-refractivity contribution < 1.29 is 28.0 Å². The third kappa shape index (κ3) is 2.70. The molecule has 1 aliphatic rings. The number of alkyl halides is 3. The van der Waals surface area contributed by atoms with E-state index in [1.807, 2.05) is 0 Å². The molecule has 2 aromatic rings. The first kappa shape index (κ1) is 16.3. The molecule has 24 heavy (non-hydrogen) atoms. The molecule has 0 unspecified atom stereocenters. The molecule has 3 rings (SSSR count). The quantitative estimate of drug-likeness (QED) is 0.734. The number of rotatable bonds is 2. The molecule has 3 N–H and O–H groups in total. The average molecular weight is 333 g/mol.